The molecule has 0 bridgehead atoms. The second kappa shape index (κ2) is 6.13. The standard InChI is InChI=1S/C17H20BrNO/c18-12-17(8-4-1-5-9-17)13-20-15-10-14-6-2-3-7-16(14)19-11-15/h2-3,6-7,10-11H,1,4-5,8-9,12-13H2. The molecule has 0 atom stereocenters. The number of rotatable bonds is 4. The van der Waals surface area contributed by atoms with Crippen molar-refractivity contribution >= 4 is 26.8 Å². The summed E-state index contributed by atoms with van der Waals surface area (Å²) in [6, 6.07) is 10.2. The number of nitrogens with zero attached hydrogens (tertiary/aromatic N) is 1. The lowest BCUT2D eigenvalue weighted by molar-refractivity contribution is 0.122. The molecule has 1 fully saturated rings. The summed E-state index contributed by atoms with van der Waals surface area (Å²) in [6.45, 7) is 0.790. The van der Waals surface area contributed by atoms with E-state index in [0.29, 0.717) is 5.41 Å². The minimum atomic E-state index is 0.309. The van der Waals surface area contributed by atoms with Crippen LogP contribution in [-0.4, -0.2) is 16.9 Å². The summed E-state index contributed by atoms with van der Waals surface area (Å²) in [4.78, 5) is 4.46. The second-order valence-electron chi connectivity index (χ2n) is 5.85. The van der Waals surface area contributed by atoms with Gasteiger partial charge in [-0.05, 0) is 25.0 Å². The number of hydrogen-bond acceptors (Lipinski definition) is 2. The molecule has 106 valence electrons. The van der Waals surface area contributed by atoms with E-state index in [1.165, 1.54) is 32.1 Å². The molecule has 20 heavy (non-hydrogen) atoms. The van der Waals surface area contributed by atoms with Gasteiger partial charge in [-0.25, -0.2) is 0 Å². The summed E-state index contributed by atoms with van der Waals surface area (Å²) in [6.07, 6.45) is 8.38. The van der Waals surface area contributed by atoms with Gasteiger partial charge in [0.25, 0.3) is 0 Å². The van der Waals surface area contributed by atoms with E-state index in [2.05, 4.69) is 33.0 Å². The minimum absolute atomic E-state index is 0.309. The molecule has 0 amide bonds. The maximum absolute atomic E-state index is 6.06. The molecular formula is C17H20BrNO. The molecular weight excluding hydrogens is 314 g/mol. The Balaban J connectivity index is 1.72. The van der Waals surface area contributed by atoms with Crippen molar-refractivity contribution < 1.29 is 4.74 Å². The number of alkyl halides is 1. The number of hydrogen-bond donors (Lipinski definition) is 0. The zero-order valence-electron chi connectivity index (χ0n) is 11.6. The molecule has 1 aliphatic rings. The SMILES string of the molecule is BrCC1(COc2cnc3ccccc3c2)CCCCC1. The van der Waals surface area contributed by atoms with Crippen LogP contribution in [0.2, 0.25) is 0 Å². The molecule has 1 heterocycles. The molecule has 0 unspecified atom stereocenters. The lowest BCUT2D eigenvalue weighted by atomic mass is 9.76. The van der Waals surface area contributed by atoms with Gasteiger partial charge in [0.15, 0.2) is 0 Å². The molecule has 2 nitrogen and oxygen atoms in total. The van der Waals surface area contributed by atoms with E-state index in [-0.39, 0.29) is 0 Å². The largest absolute Gasteiger partial charge is 0.491 e. The van der Waals surface area contributed by atoms with Crippen LogP contribution >= 0.6 is 15.9 Å². The summed E-state index contributed by atoms with van der Waals surface area (Å²) in [5, 5.41) is 2.17. The van der Waals surface area contributed by atoms with Crippen LogP contribution in [0.25, 0.3) is 10.9 Å². The lowest BCUT2D eigenvalue weighted by Gasteiger charge is -2.35. The Kier molecular flexibility index (Phi) is 4.25. The normalized spacial score (nSPS) is 18.1. The predicted octanol–water partition coefficient (Wildman–Crippen LogP) is 4.96. The van der Waals surface area contributed by atoms with Crippen molar-refractivity contribution in [1.82, 2.24) is 4.98 Å². The molecule has 0 radical (unpaired) electrons. The molecule has 0 spiro atoms. The third-order valence-electron chi connectivity index (χ3n) is 4.31. The molecule has 1 aromatic carbocycles. The number of aromatic nitrogens is 1. The summed E-state index contributed by atoms with van der Waals surface area (Å²) < 4.78 is 6.06. The quantitative estimate of drug-likeness (QED) is 0.738. The fourth-order valence-electron chi connectivity index (χ4n) is 2.98. The van der Waals surface area contributed by atoms with Crippen molar-refractivity contribution in [2.24, 2.45) is 5.41 Å². The number of ether oxygens (including phenoxy) is 1. The van der Waals surface area contributed by atoms with Crippen molar-refractivity contribution in [2.75, 3.05) is 11.9 Å². The van der Waals surface area contributed by atoms with Crippen molar-refractivity contribution in [3.8, 4) is 5.75 Å². The van der Waals surface area contributed by atoms with E-state index in [4.69, 9.17) is 4.74 Å². The van der Waals surface area contributed by atoms with Gasteiger partial charge in [-0.2, -0.15) is 0 Å². The average Bonchev–Trinajstić information content (AvgIpc) is 2.54. The first-order valence-corrected chi connectivity index (χ1v) is 8.47. The minimum Gasteiger partial charge on any atom is -0.491 e. The van der Waals surface area contributed by atoms with Gasteiger partial charge in [-0.1, -0.05) is 53.4 Å². The highest BCUT2D eigenvalue weighted by Gasteiger charge is 2.31. The number of fused-ring (bicyclic) bond motifs is 1. The molecule has 3 rings (SSSR count). The van der Waals surface area contributed by atoms with Crippen LogP contribution in [0.3, 0.4) is 0 Å². The number of benzene rings is 1. The second-order valence-corrected chi connectivity index (χ2v) is 6.41. The zero-order valence-corrected chi connectivity index (χ0v) is 13.2. The van der Waals surface area contributed by atoms with Crippen molar-refractivity contribution in [3.63, 3.8) is 0 Å². The van der Waals surface area contributed by atoms with Crippen LogP contribution in [0.4, 0.5) is 0 Å². The van der Waals surface area contributed by atoms with Gasteiger partial charge >= 0.3 is 0 Å². The van der Waals surface area contributed by atoms with E-state index in [1.807, 2.05) is 24.4 Å². The van der Waals surface area contributed by atoms with Crippen LogP contribution < -0.4 is 4.74 Å². The zero-order chi connectivity index (χ0) is 13.8. The van der Waals surface area contributed by atoms with E-state index in [1.54, 1.807) is 0 Å². The smallest absolute Gasteiger partial charge is 0.138 e. The number of para-hydroxylation sites is 1. The molecule has 1 saturated carbocycles. The summed E-state index contributed by atoms with van der Waals surface area (Å²) >= 11 is 3.69. The molecule has 2 aromatic rings. The van der Waals surface area contributed by atoms with E-state index >= 15 is 0 Å². The van der Waals surface area contributed by atoms with Gasteiger partial charge in [0.1, 0.15) is 5.75 Å². The first kappa shape index (κ1) is 13.9. The predicted molar refractivity (Wildman–Crippen MR) is 86.6 cm³/mol. The topological polar surface area (TPSA) is 22.1 Å². The maximum Gasteiger partial charge on any atom is 0.138 e. The average molecular weight is 334 g/mol. The highest BCUT2D eigenvalue weighted by Crippen LogP contribution is 2.38. The van der Waals surface area contributed by atoms with Crippen LogP contribution in [0.5, 0.6) is 5.75 Å². The van der Waals surface area contributed by atoms with Gasteiger partial charge in [0, 0.05) is 16.1 Å². The summed E-state index contributed by atoms with van der Waals surface area (Å²) in [7, 11) is 0. The van der Waals surface area contributed by atoms with Crippen molar-refractivity contribution in [3.05, 3.63) is 36.5 Å². The van der Waals surface area contributed by atoms with Crippen molar-refractivity contribution in [1.29, 1.82) is 0 Å². The van der Waals surface area contributed by atoms with Crippen LogP contribution in [0.15, 0.2) is 36.5 Å². The monoisotopic (exact) mass is 333 g/mol. The summed E-state index contributed by atoms with van der Waals surface area (Å²) in [5.74, 6) is 0.884. The fourth-order valence-corrected chi connectivity index (χ4v) is 3.71. The first-order chi connectivity index (χ1) is 9.81. The van der Waals surface area contributed by atoms with Gasteiger partial charge in [0.2, 0.25) is 0 Å². The highest BCUT2D eigenvalue weighted by molar-refractivity contribution is 9.09. The van der Waals surface area contributed by atoms with Gasteiger partial charge in [-0.3, -0.25) is 4.98 Å². The third kappa shape index (κ3) is 2.98. The Morgan fingerprint density at radius 3 is 2.75 bits per heavy atom. The molecule has 0 aliphatic heterocycles. The summed E-state index contributed by atoms with van der Waals surface area (Å²) in [5.41, 5.74) is 1.33. The Morgan fingerprint density at radius 2 is 1.95 bits per heavy atom. The Hall–Kier alpha value is -1.09. The third-order valence-corrected chi connectivity index (χ3v) is 5.50. The Bertz CT molecular complexity index is 578. The Morgan fingerprint density at radius 1 is 1.15 bits per heavy atom. The molecule has 1 aromatic heterocycles. The molecule has 1 aliphatic carbocycles. The lowest BCUT2D eigenvalue weighted by Crippen LogP contribution is -2.32. The maximum atomic E-state index is 6.06. The number of pyridine rings is 1. The van der Waals surface area contributed by atoms with Crippen LogP contribution in [0, 0.1) is 5.41 Å². The molecule has 0 saturated heterocycles. The van der Waals surface area contributed by atoms with Crippen molar-refractivity contribution in [2.45, 2.75) is 32.1 Å². The van der Waals surface area contributed by atoms with Gasteiger partial charge < -0.3 is 4.74 Å². The van der Waals surface area contributed by atoms with E-state index in [9.17, 15) is 0 Å². The Labute approximate surface area is 128 Å². The van der Waals surface area contributed by atoms with Crippen LogP contribution in [0.1, 0.15) is 32.1 Å². The number of halogens is 1. The van der Waals surface area contributed by atoms with Gasteiger partial charge in [-0.15, -0.1) is 0 Å². The van der Waals surface area contributed by atoms with E-state index in [0.717, 1.165) is 28.6 Å². The molecule has 0 N–H and O–H groups in total. The van der Waals surface area contributed by atoms with E-state index < -0.39 is 0 Å². The van der Waals surface area contributed by atoms with Gasteiger partial charge in [0.05, 0.1) is 18.3 Å². The fraction of sp³-hybridized carbons (Fsp3) is 0.471. The highest BCUT2D eigenvalue weighted by atomic mass is 79.9. The van der Waals surface area contributed by atoms with Crippen LogP contribution in [-0.2, 0) is 0 Å². The molecule has 3 heteroatoms. The first-order valence-electron chi connectivity index (χ1n) is 7.35.